The van der Waals surface area contributed by atoms with Crippen LogP contribution in [0.2, 0.25) is 0 Å². The second-order valence-electron chi connectivity index (χ2n) is 2.51. The first-order valence-corrected chi connectivity index (χ1v) is 3.47. The van der Waals surface area contributed by atoms with Crippen LogP contribution in [-0.4, -0.2) is 114 Å². The van der Waals surface area contributed by atoms with Gasteiger partial charge in [-0.05, 0) is 0 Å². The minimum atomic E-state index is -2.20. The molecule has 0 amide bonds. The summed E-state index contributed by atoms with van der Waals surface area (Å²) in [4.78, 5) is 10.1. The minimum absolute atomic E-state index is 0. The zero-order chi connectivity index (χ0) is 10.6. The Morgan fingerprint density at radius 2 is 1.53 bits per heavy atom. The predicted molar refractivity (Wildman–Crippen MR) is 52.5 cm³/mol. The fourth-order valence-corrected chi connectivity index (χ4v) is 0.668. The van der Waals surface area contributed by atoms with Gasteiger partial charge in [0.15, 0.2) is 6.10 Å². The molecule has 4 unspecified atom stereocenters. The van der Waals surface area contributed by atoms with Crippen LogP contribution in [0.4, 0.5) is 0 Å². The van der Waals surface area contributed by atoms with Gasteiger partial charge in [0.2, 0.25) is 0 Å². The Labute approximate surface area is 121 Å². The summed E-state index contributed by atoms with van der Waals surface area (Å²) < 4.78 is 0. The number of aliphatic carboxylic acids is 1. The summed E-state index contributed by atoms with van der Waals surface area (Å²) in [6.45, 7) is -0.843. The molecule has 0 spiro atoms. The minimum Gasteiger partial charge on any atom is -1.00 e. The van der Waals surface area contributed by atoms with Crippen LogP contribution < -0.4 is 0 Å². The third kappa shape index (κ3) is 6.70. The first-order valence-electron chi connectivity index (χ1n) is 3.47. The van der Waals surface area contributed by atoms with Gasteiger partial charge in [0.25, 0.3) is 0 Å². The number of carboxylic acids is 1. The van der Waals surface area contributed by atoms with Crippen LogP contribution >= 0.6 is 0 Å². The predicted octanol–water partition coefficient (Wildman–Crippen LogP) is -4.03. The van der Waals surface area contributed by atoms with Crippen molar-refractivity contribution in [3.05, 3.63) is 0 Å². The van der Waals surface area contributed by atoms with E-state index in [4.69, 9.17) is 30.6 Å². The van der Waals surface area contributed by atoms with Gasteiger partial charge in [-0.3, -0.25) is 0 Å². The van der Waals surface area contributed by atoms with E-state index in [9.17, 15) is 4.79 Å². The molecule has 0 aromatic rings. The van der Waals surface area contributed by atoms with Crippen molar-refractivity contribution in [3.63, 3.8) is 0 Å². The molecule has 85 valence electrons. The molecule has 3 radical (unpaired) electrons. The Morgan fingerprint density at radius 3 is 1.80 bits per heavy atom. The molecule has 0 aliphatic rings. The van der Waals surface area contributed by atoms with E-state index in [1.807, 2.05) is 0 Å². The molecular formula is C6H14BCaO7. The summed E-state index contributed by atoms with van der Waals surface area (Å²) in [6, 6.07) is 0. The van der Waals surface area contributed by atoms with Crippen molar-refractivity contribution in [1.82, 2.24) is 0 Å². The zero-order valence-corrected chi connectivity index (χ0v) is 10.1. The van der Waals surface area contributed by atoms with E-state index < -0.39 is 37.0 Å². The molecule has 0 saturated heterocycles. The standard InChI is InChI=1S/C6H12O7.B.Ca.2H/c7-1-2(8)3(9)4(10)5(11)6(12)13;;;;/h2-5,7-11H,1H2,(H,12,13);;;;/q;;+2;2*-1. The van der Waals surface area contributed by atoms with Gasteiger partial charge in [0, 0.05) is 8.41 Å². The average molecular weight is 249 g/mol. The molecule has 0 aromatic carbocycles. The molecule has 0 rings (SSSR count). The summed E-state index contributed by atoms with van der Waals surface area (Å²) >= 11 is 0. The largest absolute Gasteiger partial charge is 2.00 e. The first-order chi connectivity index (χ1) is 5.91. The molecule has 0 aliphatic heterocycles. The molecule has 4 atom stereocenters. The Hall–Kier alpha value is 0.595. The fourth-order valence-electron chi connectivity index (χ4n) is 0.668. The smallest absolute Gasteiger partial charge is 1.00 e. The van der Waals surface area contributed by atoms with Crippen molar-refractivity contribution in [1.29, 1.82) is 0 Å². The van der Waals surface area contributed by atoms with Gasteiger partial charge in [-0.25, -0.2) is 4.79 Å². The molecule has 15 heavy (non-hydrogen) atoms. The van der Waals surface area contributed by atoms with Crippen LogP contribution in [0, 0.1) is 0 Å². The quantitative estimate of drug-likeness (QED) is 0.273. The third-order valence-electron chi connectivity index (χ3n) is 1.51. The van der Waals surface area contributed by atoms with Gasteiger partial charge in [-0.1, -0.05) is 0 Å². The summed E-state index contributed by atoms with van der Waals surface area (Å²) in [5.74, 6) is -1.73. The Bertz CT molecular complexity index is 190. The van der Waals surface area contributed by atoms with Crippen LogP contribution in [0.3, 0.4) is 0 Å². The van der Waals surface area contributed by atoms with E-state index in [1.165, 1.54) is 0 Å². The van der Waals surface area contributed by atoms with Crippen LogP contribution in [0.15, 0.2) is 0 Å². The second kappa shape index (κ2) is 9.79. The van der Waals surface area contributed by atoms with Crippen molar-refractivity contribution in [3.8, 4) is 0 Å². The van der Waals surface area contributed by atoms with E-state index in [0.29, 0.717) is 0 Å². The zero-order valence-electron chi connectivity index (χ0n) is 9.89. The maximum absolute atomic E-state index is 10.1. The van der Waals surface area contributed by atoms with Crippen molar-refractivity contribution in [2.45, 2.75) is 24.4 Å². The SMILES string of the molecule is O=C(O)C(O)C(O)C(O)C(O)CO.[B].[Ca+2].[H-].[H-]. The number of carboxylic acid groups (broad SMARTS) is 1. The number of aliphatic hydroxyl groups excluding tert-OH is 5. The molecule has 0 aliphatic carbocycles. The first kappa shape index (κ1) is 20.9. The van der Waals surface area contributed by atoms with Gasteiger partial charge in [0.05, 0.1) is 6.61 Å². The molecular weight excluding hydrogens is 235 g/mol. The number of hydrogen-bond acceptors (Lipinski definition) is 6. The normalized spacial score (nSPS) is 17.7. The van der Waals surface area contributed by atoms with Crippen LogP contribution in [0.1, 0.15) is 2.85 Å². The average Bonchev–Trinajstić information content (AvgIpc) is 2.12. The molecule has 7 nitrogen and oxygen atoms in total. The number of aliphatic hydroxyl groups is 5. The second-order valence-corrected chi connectivity index (χ2v) is 2.51. The number of carbonyl (C=O) groups is 1. The summed E-state index contributed by atoms with van der Waals surface area (Å²) in [5.41, 5.74) is 0. The molecule has 0 aromatic heterocycles. The monoisotopic (exact) mass is 249 g/mol. The van der Waals surface area contributed by atoms with Crippen LogP contribution in [0.5, 0.6) is 0 Å². The maximum atomic E-state index is 10.1. The van der Waals surface area contributed by atoms with Crippen molar-refractivity contribution >= 4 is 52.1 Å². The van der Waals surface area contributed by atoms with E-state index >= 15 is 0 Å². The van der Waals surface area contributed by atoms with Gasteiger partial charge < -0.3 is 33.5 Å². The Kier molecular flexibility index (Phi) is 13.7. The summed E-state index contributed by atoms with van der Waals surface area (Å²) in [5, 5.41) is 51.8. The number of hydrogen-bond donors (Lipinski definition) is 6. The molecule has 0 saturated carbocycles. The van der Waals surface area contributed by atoms with Crippen molar-refractivity contribution < 1.29 is 38.3 Å². The van der Waals surface area contributed by atoms with Gasteiger partial charge in [-0.2, -0.15) is 0 Å². The third-order valence-corrected chi connectivity index (χ3v) is 1.51. The van der Waals surface area contributed by atoms with Gasteiger partial charge in [0.1, 0.15) is 18.3 Å². The van der Waals surface area contributed by atoms with E-state index in [0.717, 1.165) is 0 Å². The van der Waals surface area contributed by atoms with Gasteiger partial charge in [-0.15, -0.1) is 0 Å². The molecule has 0 bridgehead atoms. The van der Waals surface area contributed by atoms with Crippen molar-refractivity contribution in [2.24, 2.45) is 0 Å². The van der Waals surface area contributed by atoms with Gasteiger partial charge >= 0.3 is 43.7 Å². The topological polar surface area (TPSA) is 138 Å². The van der Waals surface area contributed by atoms with Crippen LogP contribution in [0.25, 0.3) is 0 Å². The maximum Gasteiger partial charge on any atom is 2.00 e. The van der Waals surface area contributed by atoms with E-state index in [1.54, 1.807) is 0 Å². The number of rotatable bonds is 5. The molecule has 6 N–H and O–H groups in total. The Balaban J connectivity index is -0.000000120. The molecule has 0 fully saturated rings. The van der Waals surface area contributed by atoms with Crippen molar-refractivity contribution in [2.75, 3.05) is 6.61 Å². The summed E-state index contributed by atoms with van der Waals surface area (Å²) in [6.07, 6.45) is -7.84. The van der Waals surface area contributed by atoms with E-state index in [-0.39, 0.29) is 49.0 Å². The summed E-state index contributed by atoms with van der Waals surface area (Å²) in [7, 11) is 0. The fraction of sp³-hybridized carbons (Fsp3) is 0.833. The molecule has 0 heterocycles. The molecule has 9 heteroatoms. The Morgan fingerprint density at radius 1 is 1.13 bits per heavy atom. The van der Waals surface area contributed by atoms with Crippen LogP contribution in [-0.2, 0) is 4.79 Å². The van der Waals surface area contributed by atoms with E-state index in [2.05, 4.69) is 0 Å².